The van der Waals surface area contributed by atoms with Crippen molar-refractivity contribution >= 4 is 70.7 Å². The highest BCUT2D eigenvalue weighted by Crippen LogP contribution is 2.34. The van der Waals surface area contributed by atoms with E-state index in [1.54, 1.807) is 49.3 Å². The van der Waals surface area contributed by atoms with E-state index in [0.717, 1.165) is 22.4 Å². The summed E-state index contributed by atoms with van der Waals surface area (Å²) in [5.74, 6) is -5.10. The van der Waals surface area contributed by atoms with Gasteiger partial charge in [-0.1, -0.05) is 128 Å². The van der Waals surface area contributed by atoms with Gasteiger partial charge in [-0.15, -0.1) is 0 Å². The zero-order valence-electron chi connectivity index (χ0n) is 52.5. The van der Waals surface area contributed by atoms with Gasteiger partial charge in [0.2, 0.25) is 35.8 Å². The van der Waals surface area contributed by atoms with Gasteiger partial charge < -0.3 is 70.8 Å². The van der Waals surface area contributed by atoms with E-state index < -0.39 is 95.4 Å². The van der Waals surface area contributed by atoms with Crippen LogP contribution in [0.25, 0.3) is 6.08 Å². The molecule has 89 heavy (non-hydrogen) atoms. The molecule has 4 aromatic carbocycles. The summed E-state index contributed by atoms with van der Waals surface area (Å²) in [7, 11) is 3.19. The van der Waals surface area contributed by atoms with Gasteiger partial charge in [-0.25, -0.2) is 14.4 Å². The second kappa shape index (κ2) is 32.1. The summed E-state index contributed by atoms with van der Waals surface area (Å²) in [6.07, 6.45) is -6.64. The van der Waals surface area contributed by atoms with Crippen molar-refractivity contribution in [3.63, 3.8) is 0 Å². The van der Waals surface area contributed by atoms with Gasteiger partial charge in [0.25, 0.3) is 0 Å². The molecule has 5 unspecified atom stereocenters. The van der Waals surface area contributed by atoms with Crippen molar-refractivity contribution in [2.45, 2.75) is 162 Å². The number of carboxylic acid groups (broad SMARTS) is 2. The summed E-state index contributed by atoms with van der Waals surface area (Å²) < 4.78 is 16.7. The molecule has 1 aliphatic heterocycles. The third-order valence-electron chi connectivity index (χ3n) is 15.5. The first-order valence-electron chi connectivity index (χ1n) is 29.4. The van der Waals surface area contributed by atoms with Crippen LogP contribution in [0.4, 0.5) is 21.9 Å². The fourth-order valence-electron chi connectivity index (χ4n) is 10.3. The number of nitrogens with zero attached hydrogens (tertiary/aromatic N) is 2. The number of aliphatic hydroxyl groups is 3. The maximum absolute atomic E-state index is 14.3. The lowest BCUT2D eigenvalue weighted by atomic mass is 9.76. The Kier molecular flexibility index (Phi) is 25.7. The number of para-hydroxylation sites is 1. The van der Waals surface area contributed by atoms with E-state index in [1.807, 2.05) is 104 Å². The Morgan fingerprint density at radius 3 is 2.10 bits per heavy atom. The summed E-state index contributed by atoms with van der Waals surface area (Å²) in [6.45, 7) is 20.0. The van der Waals surface area contributed by atoms with Crippen LogP contribution in [0.5, 0.6) is 5.75 Å². The Morgan fingerprint density at radius 2 is 1.46 bits per heavy atom. The fraction of sp³-hybridized carbons (Fsp3) is 0.455. The van der Waals surface area contributed by atoms with E-state index >= 15 is 0 Å². The van der Waals surface area contributed by atoms with E-state index in [-0.39, 0.29) is 67.2 Å². The Balaban J connectivity index is 1.23. The van der Waals surface area contributed by atoms with Crippen LogP contribution in [0.15, 0.2) is 109 Å². The van der Waals surface area contributed by atoms with Gasteiger partial charge in [-0.3, -0.25) is 29.3 Å². The normalized spacial score (nSPS) is 17.9. The highest BCUT2D eigenvalue weighted by atomic mass is 16.7. The standard InChI is InChI=1S/C66H87N7O16/c1-13-42-22-15-16-23-43(42)36-73(47-26-17-14-21-39(47)4)52(76)28-19-18-27-50(74)68-32-31-51(75)70-46-34-41(29-30-49(46)88-63-55(79)53(77)54(78)56(89-63)62(84)85)37-87-64(86)69-45-25-20-24-44(35-45)66(9,10)57(67-11)59(80)71-58(65(6,7)8)60(81)72(12)48(38(2)3)33-40(5)61(82)83/h13-17,20-26,29-30,33-35,38,48,53-58,63,67,77-79H,1,18-19,27-28,31-32,36-37H2,2-12H3,(H,68,74)(H,69,86)(H,70,75)(H,71,80)(H,82,83)(H,84,85)/b40-33+/t48-,53?,54?,55?,56?,57+,58-,63?/m1/s1. The number of aliphatic carboxylic acids is 2. The SMILES string of the molecule is C=Cc1ccccc1CN(C(=O)CCCCC(=O)NCCC(=O)Nc1cc(COC(=O)Nc2cccc(C(C)(C)[C@@H](NC)C(=O)N[C@H](C(=O)N(C)[C@H](/C=C(\C)C(=O)O)C(C)C)C(C)(C)C)c2)ccc1OC1OC(C(=O)O)C(O)C(O)C1O)c1ccccc1C. The number of carbonyl (C=O) groups is 8. The monoisotopic (exact) mass is 1230 g/mol. The van der Waals surface area contributed by atoms with Crippen molar-refractivity contribution in [3.05, 3.63) is 137 Å². The number of aryl methyl sites for hydroxylation is 1. The fourth-order valence-corrected chi connectivity index (χ4v) is 10.3. The summed E-state index contributed by atoms with van der Waals surface area (Å²) in [5, 5.41) is 64.8. The lowest BCUT2D eigenvalue weighted by Crippen LogP contribution is -2.61. The van der Waals surface area contributed by atoms with E-state index in [9.17, 15) is 63.9 Å². The molecule has 6 amide bonds. The van der Waals surface area contributed by atoms with E-state index in [1.165, 1.54) is 36.1 Å². The lowest BCUT2D eigenvalue weighted by Gasteiger charge is -2.40. The molecule has 1 saturated heterocycles. The number of likely N-dealkylation sites (N-methyl/N-ethyl adjacent to an activating group) is 2. The summed E-state index contributed by atoms with van der Waals surface area (Å²) in [5.41, 5.74) is 3.01. The molecule has 23 nitrogen and oxygen atoms in total. The number of ether oxygens (including phenoxy) is 3. The molecule has 0 radical (unpaired) electrons. The zero-order valence-corrected chi connectivity index (χ0v) is 52.5. The first kappa shape index (κ1) is 71.3. The highest BCUT2D eigenvalue weighted by molar-refractivity contribution is 5.95. The Morgan fingerprint density at radius 1 is 0.787 bits per heavy atom. The minimum absolute atomic E-state index is 0.0745. The van der Waals surface area contributed by atoms with E-state index in [0.29, 0.717) is 36.2 Å². The van der Waals surface area contributed by atoms with Crippen LogP contribution in [0, 0.1) is 18.3 Å². The molecule has 0 bridgehead atoms. The third-order valence-corrected chi connectivity index (χ3v) is 15.5. The molecule has 482 valence electrons. The van der Waals surface area contributed by atoms with E-state index in [2.05, 4.69) is 33.2 Å². The molecular weight excluding hydrogens is 1150 g/mol. The predicted octanol–water partition coefficient (Wildman–Crippen LogP) is 6.81. The molecule has 0 aliphatic carbocycles. The average Bonchev–Trinajstić information content (AvgIpc) is 1.47. The number of benzene rings is 4. The smallest absolute Gasteiger partial charge is 0.411 e. The number of anilines is 3. The van der Waals surface area contributed by atoms with Crippen LogP contribution in [0.1, 0.15) is 115 Å². The molecule has 1 heterocycles. The van der Waals surface area contributed by atoms with Crippen LogP contribution >= 0.6 is 0 Å². The molecule has 1 fully saturated rings. The van der Waals surface area contributed by atoms with Crippen molar-refractivity contribution in [2.75, 3.05) is 36.2 Å². The summed E-state index contributed by atoms with van der Waals surface area (Å²) in [4.78, 5) is 109. The lowest BCUT2D eigenvalue weighted by molar-refractivity contribution is -0.271. The molecule has 1 aliphatic rings. The zero-order chi connectivity index (χ0) is 66.1. The van der Waals surface area contributed by atoms with Gasteiger partial charge in [-0.2, -0.15) is 0 Å². The molecule has 0 aromatic heterocycles. The molecule has 4 aromatic rings. The number of hydrogen-bond acceptors (Lipinski definition) is 15. The van der Waals surface area contributed by atoms with E-state index in [4.69, 9.17) is 14.2 Å². The van der Waals surface area contributed by atoms with Crippen LogP contribution in [-0.4, -0.2) is 147 Å². The molecule has 0 spiro atoms. The minimum Gasteiger partial charge on any atom is -0.479 e. The molecule has 23 heteroatoms. The first-order chi connectivity index (χ1) is 41.9. The van der Waals surface area contributed by atoms with Crippen molar-refractivity contribution in [2.24, 2.45) is 11.3 Å². The first-order valence-corrected chi connectivity index (χ1v) is 29.4. The Labute approximate surface area is 519 Å². The average molecular weight is 1230 g/mol. The number of nitrogens with one attached hydrogen (secondary N) is 5. The van der Waals surface area contributed by atoms with Crippen molar-refractivity contribution in [3.8, 4) is 5.75 Å². The van der Waals surface area contributed by atoms with Gasteiger partial charge in [0, 0.05) is 55.2 Å². The number of hydrogen-bond donors (Lipinski definition) is 10. The summed E-state index contributed by atoms with van der Waals surface area (Å²) in [6, 6.07) is 23.6. The van der Waals surface area contributed by atoms with Gasteiger partial charge >= 0.3 is 18.0 Å². The number of amides is 6. The number of aliphatic hydroxyl groups excluding tert-OH is 3. The Hall–Kier alpha value is -8.48. The minimum atomic E-state index is -2.01. The topological polar surface area (TPSA) is 332 Å². The van der Waals surface area contributed by atoms with Crippen LogP contribution in [0.2, 0.25) is 0 Å². The van der Waals surface area contributed by atoms with Gasteiger partial charge in [0.05, 0.1) is 24.3 Å². The van der Waals surface area contributed by atoms with Crippen LogP contribution in [-0.2, 0) is 61.6 Å². The predicted molar refractivity (Wildman–Crippen MR) is 335 cm³/mol. The highest BCUT2D eigenvalue weighted by Gasteiger charge is 2.48. The van der Waals surface area contributed by atoms with Crippen LogP contribution in [0.3, 0.4) is 0 Å². The number of carbonyl (C=O) groups excluding carboxylic acids is 6. The van der Waals surface area contributed by atoms with Gasteiger partial charge in [0.15, 0.2) is 6.10 Å². The van der Waals surface area contributed by atoms with Crippen LogP contribution < -0.4 is 36.2 Å². The molecule has 8 atom stereocenters. The number of unbranched alkanes of at least 4 members (excludes halogenated alkanes) is 1. The number of rotatable bonds is 29. The second-order valence-electron chi connectivity index (χ2n) is 24.1. The molecule has 10 N–H and O–H groups in total. The molecule has 0 saturated carbocycles. The maximum atomic E-state index is 14.3. The number of carboxylic acids is 2. The van der Waals surface area contributed by atoms with Gasteiger partial charge in [-0.05, 0) is 103 Å². The Bertz CT molecular complexity index is 3210. The molecular formula is C66H87N7O16. The van der Waals surface area contributed by atoms with Gasteiger partial charge in [0.1, 0.15) is 36.7 Å². The van der Waals surface area contributed by atoms with Crippen molar-refractivity contribution in [1.29, 1.82) is 0 Å². The maximum Gasteiger partial charge on any atom is 0.411 e. The van der Waals surface area contributed by atoms with Crippen molar-refractivity contribution < 1.29 is 78.1 Å². The third kappa shape index (κ3) is 19.5. The summed E-state index contributed by atoms with van der Waals surface area (Å²) >= 11 is 0. The quantitative estimate of drug-likeness (QED) is 0.0197. The second-order valence-corrected chi connectivity index (χ2v) is 24.1. The van der Waals surface area contributed by atoms with Crippen molar-refractivity contribution in [1.82, 2.24) is 20.9 Å². The molecule has 5 rings (SSSR count). The largest absolute Gasteiger partial charge is 0.479 e.